The van der Waals surface area contributed by atoms with Crippen LogP contribution in [0.25, 0.3) is 10.9 Å². The number of piperazine rings is 1. The number of aromatic nitrogens is 1. The zero-order valence-electron chi connectivity index (χ0n) is 20.6. The molecule has 198 valence electrons. The molecule has 1 aliphatic rings. The molecule has 2 N–H and O–H groups in total. The van der Waals surface area contributed by atoms with Crippen LogP contribution in [0.15, 0.2) is 42.6 Å². The van der Waals surface area contributed by atoms with E-state index < -0.39 is 11.7 Å². The molecule has 1 saturated heterocycles. The van der Waals surface area contributed by atoms with Crippen LogP contribution in [-0.4, -0.2) is 72.6 Å². The molecule has 7 nitrogen and oxygen atoms in total. The van der Waals surface area contributed by atoms with Crippen molar-refractivity contribution in [3.05, 3.63) is 58.7 Å². The molecule has 2 heterocycles. The molecule has 0 bridgehead atoms. The molecule has 0 aliphatic carbocycles. The number of aliphatic hydroxyl groups is 1. The highest BCUT2D eigenvalue weighted by Crippen LogP contribution is 2.40. The number of hydrogen-bond donors (Lipinski definition) is 2. The van der Waals surface area contributed by atoms with Gasteiger partial charge in [0.1, 0.15) is 0 Å². The van der Waals surface area contributed by atoms with E-state index in [-0.39, 0.29) is 23.9 Å². The number of carbonyl (C=O) groups is 1. The average Bonchev–Trinajstić information content (AvgIpc) is 2.87. The van der Waals surface area contributed by atoms with Crippen molar-refractivity contribution in [3.8, 4) is 0 Å². The average molecular weight is 536 g/mol. The van der Waals surface area contributed by atoms with Crippen LogP contribution < -0.4 is 10.2 Å². The molecule has 3 aromatic rings. The standard InChI is InChI=1S/C26H29ClF3N5O2/c1-33(2)8-7-24(37)35-11-9-34(10-12-35)23-6-4-19(14-21(23)26(28,29)30)32-25-17(16-36)15-31-22-5-3-18(27)13-20(22)25/h3-6,13-15,36H,7-12,16H2,1-2H3,(H,31,32). The van der Waals surface area contributed by atoms with Gasteiger partial charge in [-0.1, -0.05) is 11.6 Å². The van der Waals surface area contributed by atoms with Crippen molar-refractivity contribution in [2.75, 3.05) is 57.0 Å². The first kappa shape index (κ1) is 27.0. The second kappa shape index (κ2) is 11.1. The number of aliphatic hydroxyl groups excluding tert-OH is 1. The summed E-state index contributed by atoms with van der Waals surface area (Å²) < 4.78 is 42.5. The Hall–Kier alpha value is -3.08. The van der Waals surface area contributed by atoms with Gasteiger partial charge in [0.05, 0.1) is 23.4 Å². The smallest absolute Gasteiger partial charge is 0.392 e. The Morgan fingerprint density at radius 3 is 2.51 bits per heavy atom. The largest absolute Gasteiger partial charge is 0.418 e. The van der Waals surface area contributed by atoms with E-state index in [1.807, 2.05) is 19.0 Å². The van der Waals surface area contributed by atoms with E-state index in [2.05, 4.69) is 10.3 Å². The highest BCUT2D eigenvalue weighted by atomic mass is 35.5. The molecule has 0 unspecified atom stereocenters. The quantitative estimate of drug-likeness (QED) is 0.455. The number of hydrogen-bond acceptors (Lipinski definition) is 6. The SMILES string of the molecule is CN(C)CCC(=O)N1CCN(c2ccc(Nc3c(CO)cnc4ccc(Cl)cc34)cc2C(F)(F)F)CC1. The fraction of sp³-hybridized carbons (Fsp3) is 0.385. The van der Waals surface area contributed by atoms with Crippen LogP contribution in [0.1, 0.15) is 17.5 Å². The van der Waals surface area contributed by atoms with Crippen molar-refractivity contribution >= 4 is 45.5 Å². The van der Waals surface area contributed by atoms with E-state index in [1.54, 1.807) is 34.1 Å². The van der Waals surface area contributed by atoms with Crippen LogP contribution in [0, 0.1) is 0 Å². The van der Waals surface area contributed by atoms with Crippen LogP contribution >= 0.6 is 11.6 Å². The number of alkyl halides is 3. The summed E-state index contributed by atoms with van der Waals surface area (Å²) in [5.74, 6) is 0.00770. The lowest BCUT2D eigenvalue weighted by molar-refractivity contribution is -0.137. The molecule has 1 aliphatic heterocycles. The highest BCUT2D eigenvalue weighted by Gasteiger charge is 2.36. The van der Waals surface area contributed by atoms with Crippen LogP contribution in [0.2, 0.25) is 5.02 Å². The number of pyridine rings is 1. The molecule has 1 amide bonds. The summed E-state index contributed by atoms with van der Waals surface area (Å²) in [6.45, 7) is 1.64. The van der Waals surface area contributed by atoms with Crippen molar-refractivity contribution in [1.82, 2.24) is 14.8 Å². The van der Waals surface area contributed by atoms with Gasteiger partial charge >= 0.3 is 6.18 Å². The summed E-state index contributed by atoms with van der Waals surface area (Å²) in [5.41, 5.74) is 0.990. The van der Waals surface area contributed by atoms with Crippen molar-refractivity contribution in [2.24, 2.45) is 0 Å². The minimum absolute atomic E-state index is 0.00770. The van der Waals surface area contributed by atoms with E-state index >= 15 is 0 Å². The summed E-state index contributed by atoms with van der Waals surface area (Å²) in [5, 5.41) is 13.9. The number of benzene rings is 2. The molecule has 0 atom stereocenters. The van der Waals surface area contributed by atoms with Crippen molar-refractivity contribution in [2.45, 2.75) is 19.2 Å². The molecule has 11 heteroatoms. The predicted molar refractivity (Wildman–Crippen MR) is 139 cm³/mol. The number of amides is 1. The lowest BCUT2D eigenvalue weighted by Crippen LogP contribution is -2.49. The van der Waals surface area contributed by atoms with Gasteiger partial charge in [0.2, 0.25) is 5.91 Å². The van der Waals surface area contributed by atoms with Crippen LogP contribution in [0.5, 0.6) is 0 Å². The van der Waals surface area contributed by atoms with Gasteiger partial charge in [0.15, 0.2) is 0 Å². The summed E-state index contributed by atoms with van der Waals surface area (Å²) >= 11 is 6.14. The zero-order valence-corrected chi connectivity index (χ0v) is 21.4. The predicted octanol–water partition coefficient (Wildman–Crippen LogP) is 4.74. The maximum atomic E-state index is 14.2. The Morgan fingerprint density at radius 1 is 1.14 bits per heavy atom. The van der Waals surface area contributed by atoms with Gasteiger partial charge in [-0.05, 0) is 50.5 Å². The first-order valence-electron chi connectivity index (χ1n) is 11.9. The van der Waals surface area contributed by atoms with Gasteiger partial charge in [-0.2, -0.15) is 13.2 Å². The summed E-state index contributed by atoms with van der Waals surface area (Å²) in [7, 11) is 3.78. The second-order valence-electron chi connectivity index (χ2n) is 9.25. The molecular formula is C26H29ClF3N5O2. The van der Waals surface area contributed by atoms with Crippen molar-refractivity contribution < 1.29 is 23.1 Å². The van der Waals surface area contributed by atoms with Gasteiger partial charge < -0.3 is 25.1 Å². The van der Waals surface area contributed by atoms with Crippen molar-refractivity contribution in [3.63, 3.8) is 0 Å². The van der Waals surface area contributed by atoms with Gasteiger partial charge in [0, 0.05) is 72.7 Å². The number of carbonyl (C=O) groups excluding carboxylic acids is 1. The van der Waals surface area contributed by atoms with E-state index in [9.17, 15) is 23.1 Å². The third-order valence-corrected chi connectivity index (χ3v) is 6.63. The Kier molecular flexibility index (Phi) is 8.11. The summed E-state index contributed by atoms with van der Waals surface area (Å²) in [4.78, 5) is 22.0. The van der Waals surface area contributed by atoms with Crippen LogP contribution in [-0.2, 0) is 17.6 Å². The zero-order chi connectivity index (χ0) is 26.7. The number of nitrogens with zero attached hydrogens (tertiary/aromatic N) is 4. The summed E-state index contributed by atoms with van der Waals surface area (Å²) in [6, 6.07) is 9.14. The monoisotopic (exact) mass is 535 g/mol. The minimum atomic E-state index is -4.59. The number of rotatable bonds is 7. The third-order valence-electron chi connectivity index (χ3n) is 6.40. The van der Waals surface area contributed by atoms with E-state index in [0.717, 1.165) is 6.07 Å². The topological polar surface area (TPSA) is 71.9 Å². The van der Waals surface area contributed by atoms with Crippen molar-refractivity contribution in [1.29, 1.82) is 0 Å². The normalized spacial score (nSPS) is 14.5. The maximum Gasteiger partial charge on any atom is 0.418 e. The van der Waals surface area contributed by atoms with E-state index in [0.29, 0.717) is 66.3 Å². The van der Waals surface area contributed by atoms with Gasteiger partial charge in [-0.25, -0.2) is 0 Å². The van der Waals surface area contributed by atoms with Gasteiger partial charge in [0.25, 0.3) is 0 Å². The Labute approximate surface area is 218 Å². The molecule has 37 heavy (non-hydrogen) atoms. The number of halogens is 4. The van der Waals surface area contributed by atoms with Gasteiger partial charge in [-0.3, -0.25) is 9.78 Å². The van der Waals surface area contributed by atoms with Gasteiger partial charge in [-0.15, -0.1) is 0 Å². The van der Waals surface area contributed by atoms with E-state index in [4.69, 9.17) is 11.6 Å². The molecule has 0 saturated carbocycles. The number of anilines is 3. The molecule has 1 fully saturated rings. The van der Waals surface area contributed by atoms with Crippen LogP contribution in [0.3, 0.4) is 0 Å². The Bertz CT molecular complexity index is 1280. The highest BCUT2D eigenvalue weighted by molar-refractivity contribution is 6.31. The Balaban J connectivity index is 1.59. The molecular weight excluding hydrogens is 507 g/mol. The second-order valence-corrected chi connectivity index (χ2v) is 9.69. The fourth-order valence-electron chi connectivity index (χ4n) is 4.41. The van der Waals surface area contributed by atoms with Crippen LogP contribution in [0.4, 0.5) is 30.2 Å². The minimum Gasteiger partial charge on any atom is -0.392 e. The fourth-order valence-corrected chi connectivity index (χ4v) is 4.58. The lowest BCUT2D eigenvalue weighted by Gasteiger charge is -2.37. The Morgan fingerprint density at radius 2 is 1.86 bits per heavy atom. The molecule has 0 spiro atoms. The first-order chi connectivity index (χ1) is 17.6. The first-order valence-corrected chi connectivity index (χ1v) is 12.3. The molecule has 2 aromatic carbocycles. The molecule has 0 radical (unpaired) electrons. The molecule has 1 aromatic heterocycles. The number of fused-ring (bicyclic) bond motifs is 1. The summed E-state index contributed by atoms with van der Waals surface area (Å²) in [6.07, 6.45) is -2.72. The molecule has 4 rings (SSSR count). The number of nitrogens with one attached hydrogen (secondary N) is 1. The maximum absolute atomic E-state index is 14.2. The third kappa shape index (κ3) is 6.26. The lowest BCUT2D eigenvalue weighted by atomic mass is 10.1. The van der Waals surface area contributed by atoms with E-state index in [1.165, 1.54) is 12.3 Å².